The van der Waals surface area contributed by atoms with Crippen LogP contribution in [-0.4, -0.2) is 17.8 Å². The lowest BCUT2D eigenvalue weighted by atomic mass is 10.0. The lowest BCUT2D eigenvalue weighted by molar-refractivity contribution is 0.0943. The van der Waals surface area contributed by atoms with E-state index in [-0.39, 0.29) is 11.9 Å². The number of hydrogen-bond donors (Lipinski definition) is 1. The van der Waals surface area contributed by atoms with E-state index < -0.39 is 0 Å². The minimum absolute atomic E-state index is 0.000853. The smallest absolute Gasteiger partial charge is 0.251 e. The Bertz CT molecular complexity index is 363. The first-order valence-corrected chi connectivity index (χ1v) is 5.52. The van der Waals surface area contributed by atoms with Gasteiger partial charge in [-0.3, -0.25) is 4.79 Å². The van der Waals surface area contributed by atoms with Crippen LogP contribution in [0.2, 0.25) is 0 Å². The molecule has 1 amide bonds. The van der Waals surface area contributed by atoms with Crippen LogP contribution in [0, 0.1) is 13.8 Å². The number of alkyl halides is 1. The predicted octanol–water partition coefficient (Wildman–Crippen LogP) is 2.66. The van der Waals surface area contributed by atoms with Gasteiger partial charge in [0.25, 0.3) is 5.91 Å². The second-order valence-corrected chi connectivity index (χ2v) is 4.16. The predicted molar refractivity (Wildman–Crippen MR) is 63.6 cm³/mol. The van der Waals surface area contributed by atoms with E-state index in [0.717, 1.165) is 16.7 Å². The van der Waals surface area contributed by atoms with E-state index in [9.17, 15) is 4.79 Å². The second kappa shape index (κ2) is 5.17. The van der Waals surface area contributed by atoms with Crippen molar-refractivity contribution in [2.75, 3.05) is 5.88 Å². The Morgan fingerprint density at radius 2 is 2.13 bits per heavy atom. The Labute approximate surface area is 95.6 Å². The van der Waals surface area contributed by atoms with Gasteiger partial charge in [0.15, 0.2) is 0 Å². The van der Waals surface area contributed by atoms with Crippen LogP contribution in [0.4, 0.5) is 0 Å². The van der Waals surface area contributed by atoms with E-state index in [2.05, 4.69) is 5.32 Å². The van der Waals surface area contributed by atoms with E-state index in [1.807, 2.05) is 39.0 Å². The SMILES string of the molecule is Cc1ccc(C)c(C(=O)NC(C)CCl)c1. The molecule has 1 N–H and O–H groups in total. The third-order valence-corrected chi connectivity index (χ3v) is 2.71. The highest BCUT2D eigenvalue weighted by atomic mass is 35.5. The maximum atomic E-state index is 11.8. The minimum Gasteiger partial charge on any atom is -0.348 e. The summed E-state index contributed by atoms with van der Waals surface area (Å²) in [5.41, 5.74) is 2.80. The molecule has 0 heterocycles. The number of hydrogen-bond acceptors (Lipinski definition) is 1. The van der Waals surface area contributed by atoms with E-state index in [0.29, 0.717) is 5.88 Å². The van der Waals surface area contributed by atoms with Crippen molar-refractivity contribution in [1.29, 1.82) is 0 Å². The molecule has 1 rings (SSSR count). The first-order valence-electron chi connectivity index (χ1n) is 4.98. The molecule has 0 aliphatic heterocycles. The van der Waals surface area contributed by atoms with Crippen LogP contribution >= 0.6 is 11.6 Å². The molecule has 1 unspecified atom stereocenters. The Kier molecular flexibility index (Phi) is 4.15. The second-order valence-electron chi connectivity index (χ2n) is 3.85. The summed E-state index contributed by atoms with van der Waals surface area (Å²) in [7, 11) is 0. The zero-order valence-corrected chi connectivity index (χ0v) is 10.1. The average molecular weight is 226 g/mol. The van der Waals surface area contributed by atoms with E-state index in [4.69, 9.17) is 11.6 Å². The Morgan fingerprint density at radius 3 is 2.73 bits per heavy atom. The molecule has 3 heteroatoms. The fraction of sp³-hybridized carbons (Fsp3) is 0.417. The summed E-state index contributed by atoms with van der Waals surface area (Å²) in [5.74, 6) is 0.376. The first kappa shape index (κ1) is 12.1. The Morgan fingerprint density at radius 1 is 1.47 bits per heavy atom. The van der Waals surface area contributed by atoms with Crippen molar-refractivity contribution in [1.82, 2.24) is 5.32 Å². The first-order chi connectivity index (χ1) is 7.04. The highest BCUT2D eigenvalue weighted by Gasteiger charge is 2.11. The molecule has 1 aromatic rings. The van der Waals surface area contributed by atoms with Crippen molar-refractivity contribution in [2.45, 2.75) is 26.8 Å². The van der Waals surface area contributed by atoms with Crippen molar-refractivity contribution in [3.8, 4) is 0 Å². The molecule has 0 aliphatic rings. The third-order valence-electron chi connectivity index (χ3n) is 2.25. The Balaban J connectivity index is 2.86. The molecule has 0 spiro atoms. The van der Waals surface area contributed by atoms with Crippen molar-refractivity contribution >= 4 is 17.5 Å². The number of carbonyl (C=O) groups is 1. The van der Waals surface area contributed by atoms with Crippen molar-refractivity contribution in [3.05, 3.63) is 34.9 Å². The zero-order valence-electron chi connectivity index (χ0n) is 9.30. The quantitative estimate of drug-likeness (QED) is 0.788. The summed E-state index contributed by atoms with van der Waals surface area (Å²) in [6, 6.07) is 5.84. The molecule has 2 nitrogen and oxygen atoms in total. The monoisotopic (exact) mass is 225 g/mol. The third kappa shape index (κ3) is 3.24. The van der Waals surface area contributed by atoms with E-state index in [1.54, 1.807) is 0 Å². The van der Waals surface area contributed by atoms with E-state index in [1.165, 1.54) is 0 Å². The van der Waals surface area contributed by atoms with Gasteiger partial charge >= 0.3 is 0 Å². The number of amides is 1. The molecule has 15 heavy (non-hydrogen) atoms. The van der Waals surface area contributed by atoms with Gasteiger partial charge in [0.2, 0.25) is 0 Å². The largest absolute Gasteiger partial charge is 0.348 e. The summed E-state index contributed by atoms with van der Waals surface area (Å²) >= 11 is 5.64. The molecule has 0 aliphatic carbocycles. The molecule has 0 saturated carbocycles. The lowest BCUT2D eigenvalue weighted by Crippen LogP contribution is -2.34. The molecule has 0 saturated heterocycles. The molecule has 82 valence electrons. The molecule has 1 atom stereocenters. The van der Waals surface area contributed by atoms with Gasteiger partial charge in [-0.2, -0.15) is 0 Å². The number of carbonyl (C=O) groups excluding carboxylic acids is 1. The number of aryl methyl sites for hydroxylation is 2. The summed E-state index contributed by atoms with van der Waals surface area (Å²) in [6.45, 7) is 5.79. The van der Waals surface area contributed by atoms with Crippen molar-refractivity contribution in [3.63, 3.8) is 0 Å². The molecular formula is C12H16ClNO. The summed E-state index contributed by atoms with van der Waals surface area (Å²) in [5, 5.41) is 2.84. The van der Waals surface area contributed by atoms with Gasteiger partial charge < -0.3 is 5.32 Å². The topological polar surface area (TPSA) is 29.1 Å². The van der Waals surface area contributed by atoms with Gasteiger partial charge in [-0.1, -0.05) is 17.7 Å². The van der Waals surface area contributed by atoms with Crippen LogP contribution in [0.5, 0.6) is 0 Å². The number of nitrogens with one attached hydrogen (secondary N) is 1. The fourth-order valence-electron chi connectivity index (χ4n) is 1.32. The van der Waals surface area contributed by atoms with Crippen LogP contribution in [0.3, 0.4) is 0 Å². The summed E-state index contributed by atoms with van der Waals surface area (Å²) in [6.07, 6.45) is 0. The highest BCUT2D eigenvalue weighted by molar-refractivity contribution is 6.18. The Hall–Kier alpha value is -1.02. The fourth-order valence-corrected chi connectivity index (χ4v) is 1.40. The van der Waals surface area contributed by atoms with E-state index >= 15 is 0 Å². The van der Waals surface area contributed by atoms with Crippen molar-refractivity contribution < 1.29 is 4.79 Å². The van der Waals surface area contributed by atoms with Gasteiger partial charge in [-0.05, 0) is 32.4 Å². The van der Waals surface area contributed by atoms with Gasteiger partial charge in [0.1, 0.15) is 0 Å². The minimum atomic E-state index is -0.0515. The highest BCUT2D eigenvalue weighted by Crippen LogP contribution is 2.10. The lowest BCUT2D eigenvalue weighted by Gasteiger charge is -2.12. The molecular weight excluding hydrogens is 210 g/mol. The number of rotatable bonds is 3. The molecule has 0 fully saturated rings. The van der Waals surface area contributed by atoms with Crippen LogP contribution in [0.15, 0.2) is 18.2 Å². The van der Waals surface area contributed by atoms with Crippen molar-refractivity contribution in [2.24, 2.45) is 0 Å². The molecule has 1 aromatic carbocycles. The maximum absolute atomic E-state index is 11.8. The molecule has 0 radical (unpaired) electrons. The van der Waals surface area contributed by atoms with Crippen LogP contribution in [-0.2, 0) is 0 Å². The standard InChI is InChI=1S/C12H16ClNO/c1-8-4-5-9(2)11(6-8)12(15)14-10(3)7-13/h4-6,10H,7H2,1-3H3,(H,14,15). The number of halogens is 1. The van der Waals surface area contributed by atoms with Crippen LogP contribution in [0.25, 0.3) is 0 Å². The van der Waals surface area contributed by atoms with Gasteiger partial charge in [-0.15, -0.1) is 11.6 Å². The van der Waals surface area contributed by atoms with Gasteiger partial charge in [0, 0.05) is 17.5 Å². The van der Waals surface area contributed by atoms with Gasteiger partial charge in [-0.25, -0.2) is 0 Å². The average Bonchev–Trinajstić information content (AvgIpc) is 2.21. The van der Waals surface area contributed by atoms with Crippen LogP contribution in [0.1, 0.15) is 28.4 Å². The summed E-state index contributed by atoms with van der Waals surface area (Å²) < 4.78 is 0. The number of benzene rings is 1. The maximum Gasteiger partial charge on any atom is 0.251 e. The zero-order chi connectivity index (χ0) is 11.4. The molecule has 0 bridgehead atoms. The summed E-state index contributed by atoms with van der Waals surface area (Å²) in [4.78, 5) is 11.8. The molecule has 0 aromatic heterocycles. The van der Waals surface area contributed by atoms with Crippen LogP contribution < -0.4 is 5.32 Å². The normalized spacial score (nSPS) is 12.3. The van der Waals surface area contributed by atoms with Gasteiger partial charge in [0.05, 0.1) is 0 Å².